The van der Waals surface area contributed by atoms with Crippen LogP contribution < -0.4 is 0 Å². The number of nitrogens with zero attached hydrogens (tertiary/aromatic N) is 1. The summed E-state index contributed by atoms with van der Waals surface area (Å²) in [6.07, 6.45) is -6.56. The Hall–Kier alpha value is -2.25. The minimum absolute atomic E-state index is 0.0127. The first-order valence-corrected chi connectivity index (χ1v) is 7.86. The summed E-state index contributed by atoms with van der Waals surface area (Å²) in [5.41, 5.74) is -0.822. The van der Waals surface area contributed by atoms with Gasteiger partial charge in [0.05, 0.1) is 18.9 Å². The Labute approximate surface area is 143 Å². The van der Waals surface area contributed by atoms with E-state index < -0.39 is 30.1 Å². The summed E-state index contributed by atoms with van der Waals surface area (Å²) < 4.78 is 48.2. The zero-order chi connectivity index (χ0) is 18.5. The number of alkyl halides is 3. The van der Waals surface area contributed by atoms with Crippen molar-refractivity contribution in [2.24, 2.45) is 5.41 Å². The summed E-state index contributed by atoms with van der Waals surface area (Å²) in [4.78, 5) is 25.3. The molecule has 0 N–H and O–H groups in total. The SMILES string of the molecule is COC(=O)C1(CC(F)(F)F)CCN(C(=O)OCc2ccccc2)CC1. The van der Waals surface area contributed by atoms with Gasteiger partial charge in [-0.2, -0.15) is 13.2 Å². The lowest BCUT2D eigenvalue weighted by molar-refractivity contribution is -0.186. The standard InChI is InChI=1S/C17H20F3NO4/c1-24-14(22)16(12-17(18,19)20)7-9-21(10-8-16)15(23)25-11-13-5-3-2-4-6-13/h2-6H,7-12H2,1H3. The minimum atomic E-state index is -4.48. The van der Waals surface area contributed by atoms with Crippen molar-refractivity contribution in [3.63, 3.8) is 0 Å². The van der Waals surface area contributed by atoms with Gasteiger partial charge < -0.3 is 14.4 Å². The Balaban J connectivity index is 1.94. The fourth-order valence-corrected chi connectivity index (χ4v) is 2.98. The number of carbonyl (C=O) groups excluding carboxylic acids is 2. The third-order valence-corrected chi connectivity index (χ3v) is 4.34. The van der Waals surface area contributed by atoms with E-state index in [9.17, 15) is 22.8 Å². The molecular formula is C17H20F3NO4. The molecule has 0 atom stereocenters. The Morgan fingerprint density at radius 2 is 1.76 bits per heavy atom. The number of carbonyl (C=O) groups is 2. The maximum Gasteiger partial charge on any atom is 0.410 e. The van der Waals surface area contributed by atoms with E-state index in [0.29, 0.717) is 0 Å². The van der Waals surface area contributed by atoms with E-state index in [1.165, 1.54) is 4.90 Å². The molecule has 1 aromatic rings. The van der Waals surface area contributed by atoms with Gasteiger partial charge in [-0.3, -0.25) is 4.79 Å². The van der Waals surface area contributed by atoms with Gasteiger partial charge in [-0.15, -0.1) is 0 Å². The number of hydrogen-bond donors (Lipinski definition) is 0. The summed E-state index contributed by atoms with van der Waals surface area (Å²) in [6, 6.07) is 9.06. The number of hydrogen-bond acceptors (Lipinski definition) is 4. The van der Waals surface area contributed by atoms with Crippen LogP contribution in [0, 0.1) is 5.41 Å². The summed E-state index contributed by atoms with van der Waals surface area (Å²) >= 11 is 0. The van der Waals surface area contributed by atoms with E-state index in [1.807, 2.05) is 18.2 Å². The first kappa shape index (κ1) is 19.1. The van der Waals surface area contributed by atoms with Gasteiger partial charge in [-0.1, -0.05) is 30.3 Å². The van der Waals surface area contributed by atoms with Crippen LogP contribution in [0.3, 0.4) is 0 Å². The molecule has 0 radical (unpaired) electrons. The van der Waals surface area contributed by atoms with Crippen molar-refractivity contribution in [3.8, 4) is 0 Å². The van der Waals surface area contributed by atoms with Crippen LogP contribution >= 0.6 is 0 Å². The number of halogens is 3. The highest BCUT2D eigenvalue weighted by Gasteiger charge is 2.50. The molecular weight excluding hydrogens is 339 g/mol. The monoisotopic (exact) mass is 359 g/mol. The molecule has 0 spiro atoms. The molecule has 1 amide bonds. The average molecular weight is 359 g/mol. The quantitative estimate of drug-likeness (QED) is 0.772. The van der Waals surface area contributed by atoms with Crippen molar-refractivity contribution in [3.05, 3.63) is 35.9 Å². The molecule has 1 heterocycles. The van der Waals surface area contributed by atoms with Crippen molar-refractivity contribution in [1.82, 2.24) is 4.90 Å². The molecule has 5 nitrogen and oxygen atoms in total. The number of ether oxygens (including phenoxy) is 2. The van der Waals surface area contributed by atoms with Gasteiger partial charge in [-0.25, -0.2) is 4.79 Å². The molecule has 1 aromatic carbocycles. The largest absolute Gasteiger partial charge is 0.469 e. The third-order valence-electron chi connectivity index (χ3n) is 4.34. The number of amides is 1. The molecule has 1 saturated heterocycles. The smallest absolute Gasteiger partial charge is 0.410 e. The summed E-state index contributed by atoms with van der Waals surface area (Å²) in [6.45, 7) is 0.110. The number of rotatable bonds is 4. The van der Waals surface area contributed by atoms with Crippen molar-refractivity contribution in [1.29, 1.82) is 0 Å². The molecule has 1 aliphatic rings. The van der Waals surface area contributed by atoms with E-state index in [0.717, 1.165) is 12.7 Å². The summed E-state index contributed by atoms with van der Waals surface area (Å²) in [5, 5.41) is 0. The van der Waals surface area contributed by atoms with Gasteiger partial charge in [0.25, 0.3) is 0 Å². The highest BCUT2D eigenvalue weighted by molar-refractivity contribution is 5.77. The number of benzene rings is 1. The van der Waals surface area contributed by atoms with E-state index >= 15 is 0 Å². The predicted molar refractivity (Wildman–Crippen MR) is 82.6 cm³/mol. The van der Waals surface area contributed by atoms with Crippen molar-refractivity contribution < 1.29 is 32.2 Å². The molecule has 0 saturated carbocycles. The molecule has 8 heteroatoms. The van der Waals surface area contributed by atoms with Crippen molar-refractivity contribution in [2.75, 3.05) is 20.2 Å². The maximum atomic E-state index is 12.8. The van der Waals surface area contributed by atoms with Crippen molar-refractivity contribution in [2.45, 2.75) is 32.0 Å². The number of likely N-dealkylation sites (tertiary alicyclic amines) is 1. The molecule has 0 aromatic heterocycles. The average Bonchev–Trinajstić information content (AvgIpc) is 2.59. The van der Waals surface area contributed by atoms with Crippen LogP contribution in [0.1, 0.15) is 24.8 Å². The molecule has 138 valence electrons. The Bertz CT molecular complexity index is 596. The van der Waals surface area contributed by atoms with Crippen LogP contribution in [0.15, 0.2) is 30.3 Å². The van der Waals surface area contributed by atoms with E-state index in [2.05, 4.69) is 4.74 Å². The summed E-state index contributed by atoms with van der Waals surface area (Å²) in [7, 11) is 1.07. The Morgan fingerprint density at radius 1 is 1.16 bits per heavy atom. The maximum absolute atomic E-state index is 12.8. The van der Waals surface area contributed by atoms with Gasteiger partial charge in [0.1, 0.15) is 6.61 Å². The zero-order valence-electron chi connectivity index (χ0n) is 13.8. The first-order chi connectivity index (χ1) is 11.8. The van der Waals surface area contributed by atoms with Crippen molar-refractivity contribution >= 4 is 12.1 Å². The van der Waals surface area contributed by atoms with Crippen LogP contribution in [0.25, 0.3) is 0 Å². The highest BCUT2D eigenvalue weighted by Crippen LogP contribution is 2.42. The first-order valence-electron chi connectivity index (χ1n) is 7.86. The van der Waals surface area contributed by atoms with Gasteiger partial charge in [0, 0.05) is 13.1 Å². The second-order valence-corrected chi connectivity index (χ2v) is 6.09. The molecule has 0 aliphatic carbocycles. The zero-order valence-corrected chi connectivity index (χ0v) is 13.8. The topological polar surface area (TPSA) is 55.8 Å². The lowest BCUT2D eigenvalue weighted by Crippen LogP contribution is -2.48. The second-order valence-electron chi connectivity index (χ2n) is 6.09. The third kappa shape index (κ3) is 5.11. The number of methoxy groups -OCH3 is 1. The molecule has 1 fully saturated rings. The van der Waals surface area contributed by atoms with Gasteiger partial charge in [0.15, 0.2) is 0 Å². The van der Waals surface area contributed by atoms with Gasteiger partial charge in [0.2, 0.25) is 0 Å². The fourth-order valence-electron chi connectivity index (χ4n) is 2.98. The lowest BCUT2D eigenvalue weighted by atomic mass is 9.75. The number of esters is 1. The van der Waals surface area contributed by atoms with Gasteiger partial charge >= 0.3 is 18.2 Å². The lowest BCUT2D eigenvalue weighted by Gasteiger charge is -2.39. The Kier molecular flexibility index (Phi) is 5.92. The molecule has 25 heavy (non-hydrogen) atoms. The molecule has 2 rings (SSSR count). The fraction of sp³-hybridized carbons (Fsp3) is 0.529. The van der Waals surface area contributed by atoms with E-state index in [1.54, 1.807) is 12.1 Å². The van der Waals surface area contributed by atoms with Crippen LogP contribution in [0.4, 0.5) is 18.0 Å². The second kappa shape index (κ2) is 7.76. The highest BCUT2D eigenvalue weighted by atomic mass is 19.4. The Morgan fingerprint density at radius 3 is 2.28 bits per heavy atom. The predicted octanol–water partition coefficient (Wildman–Crippen LogP) is 3.53. The van der Waals surface area contributed by atoms with E-state index in [-0.39, 0.29) is 32.5 Å². The van der Waals surface area contributed by atoms with Crippen LogP contribution in [-0.2, 0) is 20.9 Å². The molecule has 1 aliphatic heterocycles. The number of piperidine rings is 1. The molecule has 0 bridgehead atoms. The normalized spacial score (nSPS) is 17.0. The van der Waals surface area contributed by atoms with Crippen LogP contribution in [0.2, 0.25) is 0 Å². The minimum Gasteiger partial charge on any atom is -0.469 e. The van der Waals surface area contributed by atoms with Gasteiger partial charge in [-0.05, 0) is 18.4 Å². The van der Waals surface area contributed by atoms with E-state index in [4.69, 9.17) is 4.74 Å². The molecule has 0 unspecified atom stereocenters. The summed E-state index contributed by atoms with van der Waals surface area (Å²) in [5.74, 6) is -0.887. The van der Waals surface area contributed by atoms with Crippen LogP contribution in [0.5, 0.6) is 0 Å². The van der Waals surface area contributed by atoms with Crippen LogP contribution in [-0.4, -0.2) is 43.3 Å².